The Hall–Kier alpha value is -0.690. The number of nitro benzene ring substituents is 1. The van der Waals surface area contributed by atoms with E-state index in [4.69, 9.17) is 11.6 Å². The van der Waals surface area contributed by atoms with Crippen molar-refractivity contribution >= 4 is 45.7 Å². The predicted molar refractivity (Wildman–Crippen MR) is 60.8 cm³/mol. The summed E-state index contributed by atoms with van der Waals surface area (Å²) in [6, 6.07) is 2.52. The lowest BCUT2D eigenvalue weighted by atomic mass is 10.1. The van der Waals surface area contributed by atoms with Gasteiger partial charge in [0.05, 0.1) is 9.95 Å². The molecule has 0 saturated carbocycles. The summed E-state index contributed by atoms with van der Waals surface area (Å²) in [6.07, 6.45) is 0. The van der Waals surface area contributed by atoms with E-state index >= 15 is 0 Å². The van der Waals surface area contributed by atoms with Crippen LogP contribution in [0.2, 0.25) is 5.02 Å². The van der Waals surface area contributed by atoms with Crippen LogP contribution in [0.15, 0.2) is 12.1 Å². The highest BCUT2D eigenvalue weighted by molar-refractivity contribution is 14.1. The Kier molecular flexibility index (Phi) is 3.43. The summed E-state index contributed by atoms with van der Waals surface area (Å²) >= 11 is 7.67. The van der Waals surface area contributed by atoms with Gasteiger partial charge in [0, 0.05) is 21.3 Å². The molecular weight excluding hydrogens is 320 g/mol. The second-order valence-electron chi connectivity index (χ2n) is 2.60. The van der Waals surface area contributed by atoms with Crippen LogP contribution in [0.1, 0.15) is 17.3 Å². The van der Waals surface area contributed by atoms with Crippen molar-refractivity contribution in [1.29, 1.82) is 0 Å². The van der Waals surface area contributed by atoms with E-state index in [9.17, 15) is 14.9 Å². The van der Waals surface area contributed by atoms with E-state index < -0.39 is 4.92 Å². The summed E-state index contributed by atoms with van der Waals surface area (Å²) < 4.78 is 0.503. The van der Waals surface area contributed by atoms with Crippen LogP contribution in [0, 0.1) is 13.7 Å². The fraction of sp³-hybridized carbons (Fsp3) is 0.125. The van der Waals surface area contributed by atoms with Crippen LogP contribution in [0.4, 0.5) is 5.69 Å². The lowest BCUT2D eigenvalue weighted by Gasteiger charge is -2.02. The third-order valence-corrected chi connectivity index (χ3v) is 3.18. The molecule has 0 fully saturated rings. The Morgan fingerprint density at radius 3 is 2.57 bits per heavy atom. The SMILES string of the molecule is CC(=O)c1cc([N+](=O)[O-])cc(I)c1Cl. The van der Waals surface area contributed by atoms with E-state index in [0.717, 1.165) is 0 Å². The molecule has 0 aliphatic heterocycles. The number of nitro groups is 1. The predicted octanol–water partition coefficient (Wildman–Crippen LogP) is 3.06. The van der Waals surface area contributed by atoms with Gasteiger partial charge >= 0.3 is 0 Å². The minimum absolute atomic E-state index is 0.121. The Labute approximate surface area is 98.5 Å². The highest BCUT2D eigenvalue weighted by Gasteiger charge is 2.16. The number of rotatable bonds is 2. The van der Waals surface area contributed by atoms with Gasteiger partial charge in [0.25, 0.3) is 5.69 Å². The molecule has 14 heavy (non-hydrogen) atoms. The van der Waals surface area contributed by atoms with Gasteiger partial charge in [0.15, 0.2) is 5.78 Å². The van der Waals surface area contributed by atoms with E-state index in [1.165, 1.54) is 19.1 Å². The largest absolute Gasteiger partial charge is 0.294 e. The van der Waals surface area contributed by atoms with E-state index in [-0.39, 0.29) is 22.1 Å². The van der Waals surface area contributed by atoms with Crippen LogP contribution in [0.3, 0.4) is 0 Å². The first-order chi connectivity index (χ1) is 6.43. The molecule has 74 valence electrons. The highest BCUT2D eigenvalue weighted by Crippen LogP contribution is 2.28. The third kappa shape index (κ3) is 2.21. The number of halogens is 2. The Morgan fingerprint density at radius 1 is 1.57 bits per heavy atom. The summed E-state index contributed by atoms with van der Waals surface area (Å²) in [5, 5.41) is 10.8. The van der Waals surface area contributed by atoms with Gasteiger partial charge in [-0.25, -0.2) is 0 Å². The molecule has 0 bridgehead atoms. The minimum Gasteiger partial charge on any atom is -0.294 e. The Balaban J connectivity index is 3.43. The zero-order valence-corrected chi connectivity index (χ0v) is 10.00. The summed E-state index contributed by atoms with van der Waals surface area (Å²) in [5.74, 6) is -0.281. The van der Waals surface area contributed by atoms with Gasteiger partial charge in [-0.2, -0.15) is 0 Å². The van der Waals surface area contributed by atoms with Crippen molar-refractivity contribution in [3.8, 4) is 0 Å². The molecule has 0 saturated heterocycles. The zero-order valence-electron chi connectivity index (χ0n) is 7.08. The molecule has 0 amide bonds. The van der Waals surface area contributed by atoms with Crippen molar-refractivity contribution in [2.45, 2.75) is 6.92 Å². The summed E-state index contributed by atoms with van der Waals surface area (Å²) in [4.78, 5) is 21.0. The van der Waals surface area contributed by atoms with Crippen molar-refractivity contribution in [3.63, 3.8) is 0 Å². The summed E-state index contributed by atoms with van der Waals surface area (Å²) in [5.41, 5.74) is 0.0641. The molecule has 1 rings (SSSR count). The number of carbonyl (C=O) groups is 1. The van der Waals surface area contributed by atoms with E-state index in [1.54, 1.807) is 0 Å². The monoisotopic (exact) mass is 325 g/mol. The molecule has 0 heterocycles. The normalized spacial score (nSPS) is 9.93. The molecule has 0 radical (unpaired) electrons. The first-order valence-corrected chi connectivity index (χ1v) is 5.03. The maximum absolute atomic E-state index is 11.1. The first kappa shape index (κ1) is 11.4. The molecule has 0 spiro atoms. The van der Waals surface area contributed by atoms with Gasteiger partial charge in [-0.05, 0) is 29.5 Å². The van der Waals surface area contributed by atoms with Crippen molar-refractivity contribution in [3.05, 3.63) is 36.4 Å². The van der Waals surface area contributed by atoms with Crippen LogP contribution in [-0.4, -0.2) is 10.7 Å². The van der Waals surface area contributed by atoms with Crippen molar-refractivity contribution in [1.82, 2.24) is 0 Å². The van der Waals surface area contributed by atoms with Gasteiger partial charge < -0.3 is 0 Å². The molecule has 0 N–H and O–H groups in total. The lowest BCUT2D eigenvalue weighted by Crippen LogP contribution is -1.98. The molecule has 4 nitrogen and oxygen atoms in total. The number of nitrogens with zero attached hydrogens (tertiary/aromatic N) is 1. The number of hydrogen-bond acceptors (Lipinski definition) is 3. The zero-order chi connectivity index (χ0) is 10.9. The molecule has 0 aromatic heterocycles. The first-order valence-electron chi connectivity index (χ1n) is 3.58. The van der Waals surface area contributed by atoms with Crippen molar-refractivity contribution in [2.24, 2.45) is 0 Å². The van der Waals surface area contributed by atoms with E-state index in [0.29, 0.717) is 3.57 Å². The molecule has 0 aliphatic carbocycles. The smallest absolute Gasteiger partial charge is 0.271 e. The maximum atomic E-state index is 11.1. The van der Waals surface area contributed by atoms with E-state index in [1.807, 2.05) is 22.6 Å². The number of benzene rings is 1. The Bertz CT molecular complexity index is 419. The van der Waals surface area contributed by atoms with Gasteiger partial charge in [-0.1, -0.05) is 11.6 Å². The quantitative estimate of drug-likeness (QED) is 0.363. The molecule has 0 atom stereocenters. The third-order valence-electron chi connectivity index (χ3n) is 1.60. The minimum atomic E-state index is -0.551. The number of non-ortho nitro benzene ring substituents is 1. The van der Waals surface area contributed by atoms with Crippen LogP contribution in [-0.2, 0) is 0 Å². The fourth-order valence-corrected chi connectivity index (χ4v) is 1.79. The lowest BCUT2D eigenvalue weighted by molar-refractivity contribution is -0.385. The maximum Gasteiger partial charge on any atom is 0.271 e. The Morgan fingerprint density at radius 2 is 2.14 bits per heavy atom. The molecule has 1 aromatic rings. The van der Waals surface area contributed by atoms with Crippen LogP contribution in [0.25, 0.3) is 0 Å². The van der Waals surface area contributed by atoms with Crippen molar-refractivity contribution < 1.29 is 9.72 Å². The summed E-state index contributed by atoms with van der Waals surface area (Å²) in [6.45, 7) is 1.32. The van der Waals surface area contributed by atoms with Crippen LogP contribution in [0.5, 0.6) is 0 Å². The number of Topliss-reactive ketones (excluding diaryl/α,β-unsaturated/α-hetero) is 1. The number of ketones is 1. The second kappa shape index (κ2) is 4.22. The van der Waals surface area contributed by atoms with Gasteiger partial charge in [0.2, 0.25) is 0 Å². The topological polar surface area (TPSA) is 60.2 Å². The second-order valence-corrected chi connectivity index (χ2v) is 4.14. The van der Waals surface area contributed by atoms with Crippen LogP contribution >= 0.6 is 34.2 Å². The van der Waals surface area contributed by atoms with Crippen LogP contribution < -0.4 is 0 Å². The fourth-order valence-electron chi connectivity index (χ4n) is 0.936. The standard InChI is InChI=1S/C8H5ClINO3/c1-4(12)6-2-5(11(13)14)3-7(10)8(6)9/h2-3H,1H3. The molecular formula is C8H5ClINO3. The number of hydrogen-bond donors (Lipinski definition) is 0. The molecule has 0 unspecified atom stereocenters. The average Bonchev–Trinajstić information content (AvgIpc) is 2.08. The van der Waals surface area contributed by atoms with E-state index in [2.05, 4.69) is 0 Å². The average molecular weight is 325 g/mol. The highest BCUT2D eigenvalue weighted by atomic mass is 127. The summed E-state index contributed by atoms with van der Waals surface area (Å²) in [7, 11) is 0. The molecule has 6 heteroatoms. The molecule has 0 aliphatic rings. The van der Waals surface area contributed by atoms with Gasteiger partial charge in [-0.15, -0.1) is 0 Å². The van der Waals surface area contributed by atoms with Crippen molar-refractivity contribution in [2.75, 3.05) is 0 Å². The molecule has 1 aromatic carbocycles. The van der Waals surface area contributed by atoms with Gasteiger partial charge in [0.1, 0.15) is 0 Å². The number of carbonyl (C=O) groups excluding carboxylic acids is 1. The van der Waals surface area contributed by atoms with Gasteiger partial charge in [-0.3, -0.25) is 14.9 Å².